The van der Waals surface area contributed by atoms with Crippen molar-refractivity contribution in [1.82, 2.24) is 14.8 Å². The number of aromatic nitrogens is 3. The van der Waals surface area contributed by atoms with E-state index >= 15 is 0 Å². The lowest BCUT2D eigenvalue weighted by Gasteiger charge is -2.09. The van der Waals surface area contributed by atoms with Gasteiger partial charge in [0.15, 0.2) is 0 Å². The minimum atomic E-state index is -0.417. The van der Waals surface area contributed by atoms with Crippen LogP contribution in [0.5, 0.6) is 0 Å². The van der Waals surface area contributed by atoms with Crippen molar-refractivity contribution in [2.45, 2.75) is 19.9 Å². The van der Waals surface area contributed by atoms with Crippen LogP contribution in [0.15, 0.2) is 48.8 Å². The van der Waals surface area contributed by atoms with E-state index in [2.05, 4.69) is 20.7 Å². The molecule has 1 amide bonds. The van der Waals surface area contributed by atoms with Crippen molar-refractivity contribution >= 4 is 23.1 Å². The zero-order valence-electron chi connectivity index (χ0n) is 15.5. The van der Waals surface area contributed by atoms with Crippen molar-refractivity contribution in [1.29, 1.82) is 0 Å². The Morgan fingerprint density at radius 3 is 2.68 bits per heavy atom. The van der Waals surface area contributed by atoms with Crippen LogP contribution in [-0.4, -0.2) is 25.6 Å². The van der Waals surface area contributed by atoms with E-state index in [0.29, 0.717) is 35.7 Å². The molecule has 0 aliphatic carbocycles. The van der Waals surface area contributed by atoms with E-state index in [0.717, 1.165) is 5.56 Å². The Morgan fingerprint density at radius 2 is 2.00 bits per heavy atom. The van der Waals surface area contributed by atoms with Crippen LogP contribution in [0, 0.1) is 10.1 Å². The molecule has 0 atom stereocenters. The van der Waals surface area contributed by atoms with Gasteiger partial charge in [0.25, 0.3) is 5.91 Å². The van der Waals surface area contributed by atoms with Gasteiger partial charge in [-0.2, -0.15) is 5.10 Å². The van der Waals surface area contributed by atoms with Gasteiger partial charge in [-0.15, -0.1) is 0 Å². The molecule has 0 unspecified atom stereocenters. The van der Waals surface area contributed by atoms with Gasteiger partial charge in [0, 0.05) is 37.2 Å². The Kier molecular flexibility index (Phi) is 5.64. The molecule has 3 aromatic rings. The molecule has 28 heavy (non-hydrogen) atoms. The number of rotatable bonds is 7. The monoisotopic (exact) mass is 380 g/mol. The molecule has 0 bridgehead atoms. The van der Waals surface area contributed by atoms with Gasteiger partial charge in [-0.3, -0.25) is 19.9 Å². The molecule has 144 valence electrons. The second-order valence-electron chi connectivity index (χ2n) is 6.12. The highest BCUT2D eigenvalue weighted by Gasteiger charge is 2.25. The van der Waals surface area contributed by atoms with E-state index < -0.39 is 4.92 Å². The molecule has 0 spiro atoms. The minimum Gasteiger partial charge on any atom is -0.360 e. The number of hydrogen-bond donors (Lipinski definition) is 2. The highest BCUT2D eigenvalue weighted by Crippen LogP contribution is 2.29. The highest BCUT2D eigenvalue weighted by atomic mass is 16.6. The fourth-order valence-electron chi connectivity index (χ4n) is 2.85. The molecule has 3 rings (SSSR count). The topological polar surface area (TPSA) is 115 Å². The molecule has 0 aliphatic rings. The Balaban J connectivity index is 1.73. The predicted octanol–water partition coefficient (Wildman–Crippen LogP) is 3.15. The molecule has 0 saturated heterocycles. The first kappa shape index (κ1) is 19.0. The largest absolute Gasteiger partial charge is 0.360 e. The summed E-state index contributed by atoms with van der Waals surface area (Å²) in [7, 11) is 1.67. The van der Waals surface area contributed by atoms with Crippen LogP contribution in [0.4, 0.5) is 17.2 Å². The van der Waals surface area contributed by atoms with Crippen LogP contribution in [0.25, 0.3) is 0 Å². The average molecular weight is 380 g/mol. The number of nitrogens with one attached hydrogen (secondary N) is 2. The summed E-state index contributed by atoms with van der Waals surface area (Å²) >= 11 is 0. The van der Waals surface area contributed by atoms with Gasteiger partial charge in [-0.1, -0.05) is 19.1 Å². The van der Waals surface area contributed by atoms with Crippen molar-refractivity contribution in [3.8, 4) is 0 Å². The van der Waals surface area contributed by atoms with Crippen LogP contribution < -0.4 is 10.6 Å². The molecule has 9 heteroatoms. The second-order valence-corrected chi connectivity index (χ2v) is 6.12. The molecule has 2 aromatic heterocycles. The first-order chi connectivity index (χ1) is 13.5. The van der Waals surface area contributed by atoms with E-state index in [-0.39, 0.29) is 11.6 Å². The van der Waals surface area contributed by atoms with Gasteiger partial charge in [0.05, 0.1) is 4.92 Å². The Hall–Kier alpha value is -3.75. The van der Waals surface area contributed by atoms with Crippen LogP contribution in [-0.2, 0) is 20.0 Å². The lowest BCUT2D eigenvalue weighted by atomic mass is 10.2. The van der Waals surface area contributed by atoms with E-state index in [4.69, 9.17) is 0 Å². The Labute approximate surface area is 161 Å². The number of nitro groups is 1. The maximum atomic E-state index is 12.3. The predicted molar refractivity (Wildman–Crippen MR) is 105 cm³/mol. The normalized spacial score (nSPS) is 10.5. The number of pyridine rings is 1. The molecular weight excluding hydrogens is 360 g/mol. The lowest BCUT2D eigenvalue weighted by molar-refractivity contribution is -0.384. The molecule has 0 fully saturated rings. The third-order valence-electron chi connectivity index (χ3n) is 4.20. The average Bonchev–Trinajstić information content (AvgIpc) is 3.03. The molecule has 0 saturated carbocycles. The number of amides is 1. The maximum absolute atomic E-state index is 12.3. The summed E-state index contributed by atoms with van der Waals surface area (Å²) in [6.45, 7) is 2.18. The van der Waals surface area contributed by atoms with Crippen LogP contribution in [0.1, 0.15) is 28.5 Å². The Morgan fingerprint density at radius 1 is 1.25 bits per heavy atom. The second kappa shape index (κ2) is 8.30. The van der Waals surface area contributed by atoms with Crippen molar-refractivity contribution < 1.29 is 9.72 Å². The van der Waals surface area contributed by atoms with Gasteiger partial charge in [-0.25, -0.2) is 4.68 Å². The minimum absolute atomic E-state index is 0.00727. The number of nitrogens with zero attached hydrogens (tertiary/aromatic N) is 4. The maximum Gasteiger partial charge on any atom is 0.333 e. The smallest absolute Gasteiger partial charge is 0.333 e. The van der Waals surface area contributed by atoms with Gasteiger partial charge in [0.1, 0.15) is 5.69 Å². The SMILES string of the molecule is CCc1nn(C)c(NCc2cccc(NC(=O)c3ccncc3)c2)c1[N+](=O)[O-]. The third-order valence-corrected chi connectivity index (χ3v) is 4.20. The standard InChI is InChI=1S/C19H20N6O3/c1-3-16-17(25(27)28)18(24(2)23-16)21-12-13-5-4-6-15(11-13)22-19(26)14-7-9-20-10-8-14/h4-11,21H,3,12H2,1-2H3,(H,22,26). The number of hydrogen-bond acceptors (Lipinski definition) is 6. The molecule has 1 aromatic carbocycles. The molecular formula is C19H20N6O3. The van der Waals surface area contributed by atoms with Crippen molar-refractivity contribution in [3.63, 3.8) is 0 Å². The first-order valence-electron chi connectivity index (χ1n) is 8.74. The van der Waals surface area contributed by atoms with Crippen LogP contribution >= 0.6 is 0 Å². The van der Waals surface area contributed by atoms with Crippen molar-refractivity contribution in [2.24, 2.45) is 7.05 Å². The van der Waals surface area contributed by atoms with E-state index in [9.17, 15) is 14.9 Å². The number of carbonyl (C=O) groups is 1. The van der Waals surface area contributed by atoms with Gasteiger partial charge >= 0.3 is 5.69 Å². The molecule has 9 nitrogen and oxygen atoms in total. The fourth-order valence-corrected chi connectivity index (χ4v) is 2.85. The van der Waals surface area contributed by atoms with Crippen molar-refractivity contribution in [2.75, 3.05) is 10.6 Å². The Bertz CT molecular complexity index is 1000. The summed E-state index contributed by atoms with van der Waals surface area (Å²) in [5.41, 5.74) is 2.44. The number of aryl methyl sites for hydroxylation is 2. The van der Waals surface area contributed by atoms with E-state index in [1.165, 1.54) is 4.68 Å². The summed E-state index contributed by atoms with van der Waals surface area (Å²) in [4.78, 5) is 27.1. The van der Waals surface area contributed by atoms with Gasteiger partial charge < -0.3 is 10.6 Å². The van der Waals surface area contributed by atoms with E-state index in [1.807, 2.05) is 25.1 Å². The zero-order valence-corrected chi connectivity index (χ0v) is 15.5. The number of anilines is 2. The van der Waals surface area contributed by atoms with Crippen LogP contribution in [0.3, 0.4) is 0 Å². The van der Waals surface area contributed by atoms with Gasteiger partial charge in [-0.05, 0) is 36.2 Å². The summed E-state index contributed by atoms with van der Waals surface area (Å²) in [5, 5.41) is 21.5. The van der Waals surface area contributed by atoms with Crippen molar-refractivity contribution in [3.05, 3.63) is 75.7 Å². The molecule has 2 heterocycles. The number of carbonyl (C=O) groups excluding carboxylic acids is 1. The molecule has 0 radical (unpaired) electrons. The fraction of sp³-hybridized carbons (Fsp3) is 0.211. The summed E-state index contributed by atoms with van der Waals surface area (Å²) in [6.07, 6.45) is 3.59. The lowest BCUT2D eigenvalue weighted by Crippen LogP contribution is -2.12. The molecule has 2 N–H and O–H groups in total. The summed E-state index contributed by atoms with van der Waals surface area (Å²) < 4.78 is 1.48. The molecule has 0 aliphatic heterocycles. The highest BCUT2D eigenvalue weighted by molar-refractivity contribution is 6.04. The first-order valence-corrected chi connectivity index (χ1v) is 8.74. The quantitative estimate of drug-likeness (QED) is 0.481. The summed E-state index contributed by atoms with van der Waals surface area (Å²) in [6, 6.07) is 10.5. The third kappa shape index (κ3) is 4.14. The number of benzene rings is 1. The zero-order chi connectivity index (χ0) is 20.1. The van der Waals surface area contributed by atoms with Crippen LogP contribution in [0.2, 0.25) is 0 Å². The van der Waals surface area contributed by atoms with E-state index in [1.54, 1.807) is 37.6 Å². The summed E-state index contributed by atoms with van der Waals surface area (Å²) in [5.74, 6) is 0.121. The van der Waals surface area contributed by atoms with Gasteiger partial charge in [0.2, 0.25) is 5.82 Å².